The van der Waals surface area contributed by atoms with E-state index < -0.39 is 0 Å². The van der Waals surface area contributed by atoms with Gasteiger partial charge in [-0.05, 0) is 44.5 Å². The van der Waals surface area contributed by atoms with E-state index in [-0.39, 0.29) is 6.04 Å². The van der Waals surface area contributed by atoms with Crippen molar-refractivity contribution in [2.24, 2.45) is 5.73 Å². The lowest BCUT2D eigenvalue weighted by Gasteiger charge is -2.23. The zero-order valence-corrected chi connectivity index (χ0v) is 12.5. The minimum Gasteiger partial charge on any atom is -0.341 e. The molecule has 0 aliphatic rings. The molecular formula is C17H23N3. The lowest BCUT2D eigenvalue weighted by atomic mass is 10.1. The highest BCUT2D eigenvalue weighted by atomic mass is 15.1. The maximum absolute atomic E-state index is 6.00. The third-order valence-electron chi connectivity index (χ3n) is 3.56. The van der Waals surface area contributed by atoms with Crippen molar-refractivity contribution in [2.75, 3.05) is 11.4 Å². The van der Waals surface area contributed by atoms with E-state index in [4.69, 9.17) is 5.73 Å². The fourth-order valence-electron chi connectivity index (χ4n) is 2.22. The summed E-state index contributed by atoms with van der Waals surface area (Å²) < 4.78 is 0. The van der Waals surface area contributed by atoms with Gasteiger partial charge in [0.2, 0.25) is 0 Å². The third-order valence-corrected chi connectivity index (χ3v) is 3.56. The highest BCUT2D eigenvalue weighted by molar-refractivity contribution is 5.62. The molecule has 3 nitrogen and oxygen atoms in total. The van der Waals surface area contributed by atoms with Crippen LogP contribution in [0.5, 0.6) is 0 Å². The molecule has 0 bridgehead atoms. The average Bonchev–Trinajstić information content (AvgIpc) is 2.50. The first-order valence-corrected chi connectivity index (χ1v) is 7.21. The highest BCUT2D eigenvalue weighted by Gasteiger charge is 2.09. The van der Waals surface area contributed by atoms with Gasteiger partial charge >= 0.3 is 0 Å². The molecule has 0 radical (unpaired) electrons. The lowest BCUT2D eigenvalue weighted by Crippen LogP contribution is -2.17. The maximum atomic E-state index is 6.00. The summed E-state index contributed by atoms with van der Waals surface area (Å²) in [6.45, 7) is 7.23. The molecule has 106 valence electrons. The number of nitrogens with two attached hydrogens (primary N) is 1. The van der Waals surface area contributed by atoms with Crippen LogP contribution in [0.2, 0.25) is 0 Å². The van der Waals surface area contributed by atoms with E-state index in [9.17, 15) is 0 Å². The van der Waals surface area contributed by atoms with Crippen molar-refractivity contribution in [3.63, 3.8) is 0 Å². The van der Waals surface area contributed by atoms with Gasteiger partial charge in [-0.2, -0.15) is 0 Å². The Labute approximate surface area is 121 Å². The van der Waals surface area contributed by atoms with E-state index in [1.54, 1.807) is 0 Å². The van der Waals surface area contributed by atoms with Crippen molar-refractivity contribution in [2.45, 2.75) is 33.2 Å². The Morgan fingerprint density at radius 2 is 1.70 bits per heavy atom. The van der Waals surface area contributed by atoms with E-state index in [1.165, 1.54) is 11.3 Å². The number of nitrogens with zero attached hydrogens (tertiary/aromatic N) is 2. The van der Waals surface area contributed by atoms with Gasteiger partial charge in [-0.3, -0.25) is 4.98 Å². The molecule has 2 rings (SSSR count). The number of pyridine rings is 1. The predicted molar refractivity (Wildman–Crippen MR) is 85.3 cm³/mol. The van der Waals surface area contributed by atoms with Gasteiger partial charge in [0.25, 0.3) is 0 Å². The first-order valence-electron chi connectivity index (χ1n) is 7.21. The summed E-state index contributed by atoms with van der Waals surface area (Å²) in [7, 11) is 0. The van der Waals surface area contributed by atoms with Gasteiger partial charge in [0.15, 0.2) is 0 Å². The fraction of sp³-hybridized carbons (Fsp3) is 0.353. The van der Waals surface area contributed by atoms with Crippen LogP contribution in [0.15, 0.2) is 42.6 Å². The quantitative estimate of drug-likeness (QED) is 0.893. The summed E-state index contributed by atoms with van der Waals surface area (Å²) in [4.78, 5) is 6.74. The molecule has 0 unspecified atom stereocenters. The van der Waals surface area contributed by atoms with E-state index in [2.05, 4.69) is 61.0 Å². The summed E-state index contributed by atoms with van der Waals surface area (Å²) >= 11 is 0. The average molecular weight is 269 g/mol. The van der Waals surface area contributed by atoms with Crippen molar-refractivity contribution in [3.8, 4) is 0 Å². The van der Waals surface area contributed by atoms with Crippen LogP contribution in [0, 0.1) is 6.92 Å². The number of benzene rings is 1. The van der Waals surface area contributed by atoms with Crippen LogP contribution in [-0.2, 0) is 0 Å². The fourth-order valence-corrected chi connectivity index (χ4v) is 2.22. The molecular weight excluding hydrogens is 246 g/mol. The molecule has 0 saturated heterocycles. The largest absolute Gasteiger partial charge is 0.341 e. The number of hydrogen-bond acceptors (Lipinski definition) is 3. The Kier molecular flexibility index (Phi) is 4.74. The minimum absolute atomic E-state index is 0.0264. The van der Waals surface area contributed by atoms with Gasteiger partial charge in [0.05, 0.1) is 17.6 Å². The molecule has 0 aliphatic heterocycles. The number of aromatic nitrogens is 1. The summed E-state index contributed by atoms with van der Waals surface area (Å²) in [6, 6.07) is 12.7. The van der Waals surface area contributed by atoms with Gasteiger partial charge in [0.1, 0.15) is 0 Å². The van der Waals surface area contributed by atoms with Crippen LogP contribution in [-0.4, -0.2) is 11.5 Å². The van der Waals surface area contributed by atoms with Crippen molar-refractivity contribution in [3.05, 3.63) is 53.9 Å². The summed E-state index contributed by atoms with van der Waals surface area (Å²) in [5, 5.41) is 0. The molecule has 2 N–H and O–H groups in total. The van der Waals surface area contributed by atoms with E-state index >= 15 is 0 Å². The maximum Gasteiger partial charge on any atom is 0.0597 e. The summed E-state index contributed by atoms with van der Waals surface area (Å²) in [6.07, 6.45) is 2.82. The monoisotopic (exact) mass is 269 g/mol. The second-order valence-corrected chi connectivity index (χ2v) is 5.04. The zero-order chi connectivity index (χ0) is 14.5. The predicted octanol–water partition coefficient (Wildman–Crippen LogP) is 3.96. The standard InChI is InChI=1S/C17H23N3/c1-4-16(18)17-11-10-15(12-19-17)20(5-2)14-8-6-13(3)7-9-14/h6-12,16H,4-5,18H2,1-3H3/t16-/m0/s1. The van der Waals surface area contributed by atoms with Crippen LogP contribution >= 0.6 is 0 Å². The molecule has 3 heteroatoms. The molecule has 0 saturated carbocycles. The topological polar surface area (TPSA) is 42.1 Å². The minimum atomic E-state index is 0.0264. The van der Waals surface area contributed by atoms with E-state index in [0.29, 0.717) is 0 Å². The van der Waals surface area contributed by atoms with Crippen molar-refractivity contribution >= 4 is 11.4 Å². The lowest BCUT2D eigenvalue weighted by molar-refractivity contribution is 0.675. The van der Waals surface area contributed by atoms with Crippen LogP contribution in [0.4, 0.5) is 11.4 Å². The Balaban J connectivity index is 2.25. The summed E-state index contributed by atoms with van der Waals surface area (Å²) in [5.41, 5.74) is 10.5. The molecule has 20 heavy (non-hydrogen) atoms. The van der Waals surface area contributed by atoms with Crippen LogP contribution < -0.4 is 10.6 Å². The molecule has 0 spiro atoms. The van der Waals surface area contributed by atoms with Crippen LogP contribution in [0.3, 0.4) is 0 Å². The van der Waals surface area contributed by atoms with Crippen molar-refractivity contribution in [1.29, 1.82) is 0 Å². The first kappa shape index (κ1) is 14.5. The van der Waals surface area contributed by atoms with Gasteiger partial charge in [0, 0.05) is 18.3 Å². The van der Waals surface area contributed by atoms with Crippen molar-refractivity contribution < 1.29 is 0 Å². The van der Waals surface area contributed by atoms with Crippen molar-refractivity contribution in [1.82, 2.24) is 4.98 Å². The highest BCUT2D eigenvalue weighted by Crippen LogP contribution is 2.25. The first-order chi connectivity index (χ1) is 9.65. The molecule has 0 fully saturated rings. The Hall–Kier alpha value is -1.87. The molecule has 0 aliphatic carbocycles. The molecule has 1 aromatic carbocycles. The normalized spacial score (nSPS) is 12.2. The zero-order valence-electron chi connectivity index (χ0n) is 12.5. The Morgan fingerprint density at radius 3 is 2.20 bits per heavy atom. The van der Waals surface area contributed by atoms with Gasteiger partial charge in [-0.25, -0.2) is 0 Å². The van der Waals surface area contributed by atoms with Crippen LogP contribution in [0.1, 0.15) is 37.6 Å². The molecule has 1 aromatic heterocycles. The second kappa shape index (κ2) is 6.53. The van der Waals surface area contributed by atoms with Gasteiger partial charge in [-0.15, -0.1) is 0 Å². The Morgan fingerprint density at radius 1 is 1.05 bits per heavy atom. The molecule has 1 atom stereocenters. The number of aryl methyl sites for hydroxylation is 1. The SMILES string of the molecule is CC[C@H](N)c1ccc(N(CC)c2ccc(C)cc2)cn1. The second-order valence-electron chi connectivity index (χ2n) is 5.04. The Bertz CT molecular complexity index is 531. The summed E-state index contributed by atoms with van der Waals surface area (Å²) in [5.74, 6) is 0. The number of hydrogen-bond donors (Lipinski definition) is 1. The van der Waals surface area contributed by atoms with E-state index in [1.807, 2.05) is 12.3 Å². The molecule has 2 aromatic rings. The smallest absolute Gasteiger partial charge is 0.0597 e. The van der Waals surface area contributed by atoms with Gasteiger partial charge in [-0.1, -0.05) is 24.6 Å². The molecule has 1 heterocycles. The number of anilines is 2. The van der Waals surface area contributed by atoms with E-state index in [0.717, 1.165) is 24.3 Å². The van der Waals surface area contributed by atoms with Crippen LogP contribution in [0.25, 0.3) is 0 Å². The molecule has 0 amide bonds. The van der Waals surface area contributed by atoms with Gasteiger partial charge < -0.3 is 10.6 Å². The third kappa shape index (κ3) is 3.17. The number of rotatable bonds is 5.